The van der Waals surface area contributed by atoms with E-state index in [4.69, 9.17) is 37.8 Å². The average molecular weight is 467 g/mol. The van der Waals surface area contributed by atoms with Gasteiger partial charge in [0.15, 0.2) is 13.2 Å². The standard InChI is InChI=1S/C22H24Cl2N2O5/c23-19-6-1-15(11-20(19)24)12-26-9-7-16(8-10-26)25-21(27)13-30-17-2-4-18(5-3-17)31-14-22(28)29/h1-6,11,16H,7-10,12-14H2,(H,25,27)(H,28,29). The minimum absolute atomic E-state index is 0.0845. The van der Waals surface area contributed by atoms with Crippen LogP contribution in [0.25, 0.3) is 0 Å². The summed E-state index contributed by atoms with van der Waals surface area (Å²) in [6.45, 7) is 2.06. The number of carbonyl (C=O) groups excluding carboxylic acids is 1. The lowest BCUT2D eigenvalue weighted by molar-refractivity contribution is -0.139. The molecule has 2 N–H and O–H groups in total. The number of benzene rings is 2. The molecule has 2 aromatic carbocycles. The van der Waals surface area contributed by atoms with Gasteiger partial charge in [-0.05, 0) is 54.8 Å². The number of hydrogen-bond acceptors (Lipinski definition) is 5. The Kier molecular flexibility index (Phi) is 8.40. The average Bonchev–Trinajstić information content (AvgIpc) is 2.75. The fourth-order valence-electron chi connectivity index (χ4n) is 3.33. The molecule has 166 valence electrons. The number of rotatable bonds is 9. The lowest BCUT2D eigenvalue weighted by Crippen LogP contribution is -2.45. The Labute approximate surface area is 190 Å². The Morgan fingerprint density at radius 1 is 0.968 bits per heavy atom. The molecule has 1 saturated heterocycles. The number of carbonyl (C=O) groups is 2. The highest BCUT2D eigenvalue weighted by Crippen LogP contribution is 2.24. The zero-order chi connectivity index (χ0) is 22.2. The Morgan fingerprint density at radius 3 is 2.16 bits per heavy atom. The van der Waals surface area contributed by atoms with E-state index in [9.17, 15) is 9.59 Å². The first-order valence-corrected chi connectivity index (χ1v) is 10.7. The first kappa shape index (κ1) is 23.2. The van der Waals surface area contributed by atoms with E-state index in [-0.39, 0.29) is 18.6 Å². The van der Waals surface area contributed by atoms with E-state index in [1.165, 1.54) is 0 Å². The predicted molar refractivity (Wildman–Crippen MR) is 118 cm³/mol. The molecule has 0 spiro atoms. The molecule has 1 fully saturated rings. The molecule has 7 nitrogen and oxygen atoms in total. The third-order valence-electron chi connectivity index (χ3n) is 4.90. The number of carboxylic acids is 1. The second kappa shape index (κ2) is 11.2. The van der Waals surface area contributed by atoms with Crippen molar-refractivity contribution in [2.45, 2.75) is 25.4 Å². The summed E-state index contributed by atoms with van der Waals surface area (Å²) in [4.78, 5) is 25.0. The zero-order valence-corrected chi connectivity index (χ0v) is 18.4. The Bertz CT molecular complexity index is 899. The Morgan fingerprint density at radius 2 is 1.58 bits per heavy atom. The number of carboxylic acid groups (broad SMARTS) is 1. The number of likely N-dealkylation sites (tertiary alicyclic amines) is 1. The van der Waals surface area contributed by atoms with E-state index in [1.54, 1.807) is 24.3 Å². The summed E-state index contributed by atoms with van der Waals surface area (Å²) in [5, 5.41) is 12.7. The van der Waals surface area contributed by atoms with Crippen molar-refractivity contribution < 1.29 is 24.2 Å². The summed E-state index contributed by atoms with van der Waals surface area (Å²) in [6, 6.07) is 12.2. The van der Waals surface area contributed by atoms with Gasteiger partial charge in [-0.3, -0.25) is 9.69 Å². The molecule has 1 aliphatic rings. The minimum Gasteiger partial charge on any atom is -0.484 e. The summed E-state index contributed by atoms with van der Waals surface area (Å²) in [7, 11) is 0. The van der Waals surface area contributed by atoms with Gasteiger partial charge >= 0.3 is 5.97 Å². The van der Waals surface area contributed by atoms with Crippen molar-refractivity contribution in [3.63, 3.8) is 0 Å². The third-order valence-corrected chi connectivity index (χ3v) is 5.64. The lowest BCUT2D eigenvalue weighted by atomic mass is 10.0. The number of ether oxygens (including phenoxy) is 2. The van der Waals surface area contributed by atoms with Crippen molar-refractivity contribution in [1.29, 1.82) is 0 Å². The molecule has 0 aromatic heterocycles. The number of nitrogens with one attached hydrogen (secondary N) is 1. The Hall–Kier alpha value is -2.48. The molecule has 0 saturated carbocycles. The lowest BCUT2D eigenvalue weighted by Gasteiger charge is -2.32. The highest BCUT2D eigenvalue weighted by molar-refractivity contribution is 6.42. The molecule has 31 heavy (non-hydrogen) atoms. The van der Waals surface area contributed by atoms with Crippen LogP contribution in [0, 0.1) is 0 Å². The highest BCUT2D eigenvalue weighted by atomic mass is 35.5. The van der Waals surface area contributed by atoms with Crippen LogP contribution in [-0.2, 0) is 16.1 Å². The molecule has 1 aliphatic heterocycles. The first-order valence-electron chi connectivity index (χ1n) is 9.92. The van der Waals surface area contributed by atoms with E-state index in [1.807, 2.05) is 18.2 Å². The normalized spacial score (nSPS) is 14.8. The molecule has 1 heterocycles. The van der Waals surface area contributed by atoms with Crippen molar-refractivity contribution >= 4 is 35.1 Å². The highest BCUT2D eigenvalue weighted by Gasteiger charge is 2.21. The maximum Gasteiger partial charge on any atom is 0.341 e. The van der Waals surface area contributed by atoms with Gasteiger partial charge in [-0.2, -0.15) is 0 Å². The van der Waals surface area contributed by atoms with Gasteiger partial charge in [0.25, 0.3) is 5.91 Å². The summed E-state index contributed by atoms with van der Waals surface area (Å²) >= 11 is 12.0. The zero-order valence-electron chi connectivity index (χ0n) is 16.9. The van der Waals surface area contributed by atoms with Gasteiger partial charge in [-0.1, -0.05) is 29.3 Å². The van der Waals surface area contributed by atoms with Gasteiger partial charge in [-0.25, -0.2) is 4.79 Å². The van der Waals surface area contributed by atoms with E-state index < -0.39 is 12.6 Å². The van der Waals surface area contributed by atoms with E-state index in [0.29, 0.717) is 21.5 Å². The summed E-state index contributed by atoms with van der Waals surface area (Å²) in [5.74, 6) is -0.285. The molecule has 1 amide bonds. The van der Waals surface area contributed by atoms with Crippen molar-refractivity contribution in [3.05, 3.63) is 58.1 Å². The molecule has 0 radical (unpaired) electrons. The smallest absolute Gasteiger partial charge is 0.341 e. The van der Waals surface area contributed by atoms with Crippen LogP contribution in [0.2, 0.25) is 10.0 Å². The van der Waals surface area contributed by atoms with Gasteiger partial charge < -0.3 is 19.9 Å². The molecule has 0 unspecified atom stereocenters. The number of amides is 1. The molecule has 0 atom stereocenters. The van der Waals surface area contributed by atoms with Crippen LogP contribution in [0.4, 0.5) is 0 Å². The van der Waals surface area contributed by atoms with Crippen molar-refractivity contribution in [2.24, 2.45) is 0 Å². The van der Waals surface area contributed by atoms with Crippen molar-refractivity contribution in [1.82, 2.24) is 10.2 Å². The Balaban J connectivity index is 1.36. The summed E-state index contributed by atoms with van der Waals surface area (Å²) in [5.41, 5.74) is 1.12. The van der Waals surface area contributed by atoms with Gasteiger partial charge in [0, 0.05) is 25.7 Å². The maximum atomic E-state index is 12.2. The number of aliphatic carboxylic acids is 1. The quantitative estimate of drug-likeness (QED) is 0.586. The molecular weight excluding hydrogens is 443 g/mol. The molecule has 9 heteroatoms. The summed E-state index contributed by atoms with van der Waals surface area (Å²) in [6.07, 6.45) is 1.73. The van der Waals surface area contributed by atoms with E-state index in [2.05, 4.69) is 10.2 Å². The largest absolute Gasteiger partial charge is 0.484 e. The number of piperidine rings is 1. The topological polar surface area (TPSA) is 88.1 Å². The molecule has 2 aromatic rings. The molecule has 0 bridgehead atoms. The fraction of sp³-hybridized carbons (Fsp3) is 0.364. The number of hydrogen-bond donors (Lipinski definition) is 2. The second-order valence-corrected chi connectivity index (χ2v) is 8.12. The minimum atomic E-state index is -1.04. The van der Waals surface area contributed by atoms with Gasteiger partial charge in [-0.15, -0.1) is 0 Å². The monoisotopic (exact) mass is 466 g/mol. The van der Waals surface area contributed by atoms with Crippen LogP contribution in [-0.4, -0.2) is 54.2 Å². The van der Waals surface area contributed by atoms with Crippen LogP contribution >= 0.6 is 23.2 Å². The van der Waals surface area contributed by atoms with E-state index in [0.717, 1.165) is 38.0 Å². The van der Waals surface area contributed by atoms with Crippen LogP contribution in [0.3, 0.4) is 0 Å². The predicted octanol–water partition coefficient (Wildman–Crippen LogP) is 3.62. The van der Waals surface area contributed by atoms with Gasteiger partial charge in [0.2, 0.25) is 0 Å². The SMILES string of the molecule is O=C(O)COc1ccc(OCC(=O)NC2CCN(Cc3ccc(Cl)c(Cl)c3)CC2)cc1. The number of nitrogens with zero attached hydrogens (tertiary/aromatic N) is 1. The van der Waals surface area contributed by atoms with Crippen LogP contribution in [0.15, 0.2) is 42.5 Å². The van der Waals surface area contributed by atoms with Gasteiger partial charge in [0.05, 0.1) is 10.0 Å². The van der Waals surface area contributed by atoms with Crippen LogP contribution in [0.5, 0.6) is 11.5 Å². The first-order chi connectivity index (χ1) is 14.9. The molecule has 3 rings (SSSR count). The molecular formula is C22H24Cl2N2O5. The second-order valence-electron chi connectivity index (χ2n) is 7.31. The maximum absolute atomic E-state index is 12.2. The third kappa shape index (κ3) is 7.61. The summed E-state index contributed by atoms with van der Waals surface area (Å²) < 4.78 is 10.5. The van der Waals surface area contributed by atoms with E-state index >= 15 is 0 Å². The van der Waals surface area contributed by atoms with Crippen molar-refractivity contribution in [3.8, 4) is 11.5 Å². The van der Waals surface area contributed by atoms with Crippen LogP contribution < -0.4 is 14.8 Å². The van der Waals surface area contributed by atoms with Gasteiger partial charge in [0.1, 0.15) is 11.5 Å². The van der Waals surface area contributed by atoms with Crippen molar-refractivity contribution in [2.75, 3.05) is 26.3 Å². The fourth-order valence-corrected chi connectivity index (χ4v) is 3.65. The molecule has 0 aliphatic carbocycles. The number of halogens is 2. The van der Waals surface area contributed by atoms with Crippen LogP contribution in [0.1, 0.15) is 18.4 Å².